The van der Waals surface area contributed by atoms with Crippen LogP contribution in [0.5, 0.6) is 0 Å². The molecule has 70 heavy (non-hydrogen) atoms. The number of carbonyl (C=O) groups is 3. The van der Waals surface area contributed by atoms with Gasteiger partial charge in [-0.2, -0.15) is 0 Å². The Labute approximate surface area is 431 Å². The first-order valence-corrected chi connectivity index (χ1v) is 28.5. The molecule has 0 saturated heterocycles. The zero-order chi connectivity index (χ0) is 50.7. The van der Waals surface area contributed by atoms with Crippen molar-refractivity contribution in [3.05, 3.63) is 122 Å². The molecule has 6 heteroatoms. The second kappa shape index (κ2) is 57.4. The van der Waals surface area contributed by atoms with Crippen LogP contribution in [0.1, 0.15) is 245 Å². The molecule has 0 spiro atoms. The van der Waals surface area contributed by atoms with E-state index in [9.17, 15) is 14.4 Å². The Kier molecular flexibility index (Phi) is 54.0. The molecule has 0 saturated carbocycles. The van der Waals surface area contributed by atoms with Gasteiger partial charge in [0.15, 0.2) is 6.10 Å². The van der Waals surface area contributed by atoms with Crippen LogP contribution in [0.25, 0.3) is 0 Å². The molecular formula is C64H104O6. The molecule has 0 aromatic rings. The van der Waals surface area contributed by atoms with E-state index in [1.807, 2.05) is 0 Å². The maximum absolute atomic E-state index is 12.9. The van der Waals surface area contributed by atoms with Crippen molar-refractivity contribution < 1.29 is 28.6 Å². The van der Waals surface area contributed by atoms with Gasteiger partial charge in [-0.1, -0.05) is 213 Å². The fourth-order valence-electron chi connectivity index (χ4n) is 7.31. The van der Waals surface area contributed by atoms with E-state index in [1.165, 1.54) is 70.6 Å². The van der Waals surface area contributed by atoms with Crippen molar-refractivity contribution in [3.8, 4) is 0 Å². The fraction of sp³-hybridized carbons (Fsp3) is 0.641. The summed E-state index contributed by atoms with van der Waals surface area (Å²) in [6.45, 7) is 6.47. The molecule has 0 rings (SSSR count). The maximum atomic E-state index is 12.9. The van der Waals surface area contributed by atoms with Gasteiger partial charge in [-0.25, -0.2) is 0 Å². The first-order valence-electron chi connectivity index (χ1n) is 28.5. The normalized spacial score (nSPS) is 13.0. The summed E-state index contributed by atoms with van der Waals surface area (Å²) in [5, 5.41) is 0. The summed E-state index contributed by atoms with van der Waals surface area (Å²) in [6.07, 6.45) is 78.9. The van der Waals surface area contributed by atoms with Crippen molar-refractivity contribution in [2.45, 2.75) is 252 Å². The molecule has 0 aliphatic carbocycles. The van der Waals surface area contributed by atoms with E-state index in [4.69, 9.17) is 14.2 Å². The molecule has 6 nitrogen and oxygen atoms in total. The summed E-state index contributed by atoms with van der Waals surface area (Å²) in [6, 6.07) is 0. The van der Waals surface area contributed by atoms with Gasteiger partial charge >= 0.3 is 17.9 Å². The third-order valence-electron chi connectivity index (χ3n) is 11.7. The van der Waals surface area contributed by atoms with Crippen LogP contribution >= 0.6 is 0 Å². The Morgan fingerprint density at radius 3 is 0.857 bits per heavy atom. The van der Waals surface area contributed by atoms with Gasteiger partial charge in [0.2, 0.25) is 0 Å². The lowest BCUT2D eigenvalue weighted by atomic mass is 10.1. The zero-order valence-electron chi connectivity index (χ0n) is 45.2. The molecule has 0 aromatic heterocycles. The monoisotopic (exact) mass is 969 g/mol. The molecule has 396 valence electrons. The third kappa shape index (κ3) is 54.7. The van der Waals surface area contributed by atoms with E-state index < -0.39 is 6.10 Å². The SMILES string of the molecule is CCCC/C=C\C/C=C\CCCCCCCC(=O)OC[C@H](COC(=O)CCCCC/C=C\C/C=C\C/C=C\C/C=C\CCCCC)OC(=O)CCCCC/C=C\C/C=C\C/C=C\C/C=C\CCCCC. The summed E-state index contributed by atoms with van der Waals surface area (Å²) in [5.41, 5.74) is 0. The van der Waals surface area contributed by atoms with Gasteiger partial charge in [0.1, 0.15) is 13.2 Å². The Morgan fingerprint density at radius 2 is 0.529 bits per heavy atom. The molecule has 1 atom stereocenters. The fourth-order valence-corrected chi connectivity index (χ4v) is 7.31. The Bertz CT molecular complexity index is 1490. The van der Waals surface area contributed by atoms with Crippen LogP contribution in [0.15, 0.2) is 122 Å². The number of rotatable bonds is 50. The predicted molar refractivity (Wildman–Crippen MR) is 302 cm³/mol. The van der Waals surface area contributed by atoms with Crippen LogP contribution in [0.3, 0.4) is 0 Å². The molecule has 0 amide bonds. The van der Waals surface area contributed by atoms with Gasteiger partial charge in [0.25, 0.3) is 0 Å². The summed E-state index contributed by atoms with van der Waals surface area (Å²) in [4.78, 5) is 38.1. The Hall–Kier alpha value is -4.19. The number of carbonyl (C=O) groups excluding carboxylic acids is 3. The second-order valence-electron chi connectivity index (χ2n) is 18.5. The molecule has 0 aliphatic rings. The molecule has 0 unspecified atom stereocenters. The van der Waals surface area contributed by atoms with Crippen molar-refractivity contribution in [3.63, 3.8) is 0 Å². The number of ether oxygens (including phenoxy) is 3. The summed E-state index contributed by atoms with van der Waals surface area (Å²) >= 11 is 0. The van der Waals surface area contributed by atoms with Crippen molar-refractivity contribution in [1.29, 1.82) is 0 Å². The van der Waals surface area contributed by atoms with Crippen molar-refractivity contribution >= 4 is 17.9 Å². The lowest BCUT2D eigenvalue weighted by molar-refractivity contribution is -0.167. The molecule has 0 bridgehead atoms. The average Bonchev–Trinajstić information content (AvgIpc) is 3.36. The average molecular weight is 970 g/mol. The van der Waals surface area contributed by atoms with Crippen molar-refractivity contribution in [2.24, 2.45) is 0 Å². The number of hydrogen-bond acceptors (Lipinski definition) is 6. The van der Waals surface area contributed by atoms with Gasteiger partial charge in [-0.15, -0.1) is 0 Å². The zero-order valence-corrected chi connectivity index (χ0v) is 45.2. The summed E-state index contributed by atoms with van der Waals surface area (Å²) in [5.74, 6) is -0.991. The van der Waals surface area contributed by atoms with Gasteiger partial charge < -0.3 is 14.2 Å². The maximum Gasteiger partial charge on any atom is 0.306 e. The minimum absolute atomic E-state index is 0.112. The van der Waals surface area contributed by atoms with Crippen LogP contribution in [0, 0.1) is 0 Å². The van der Waals surface area contributed by atoms with Gasteiger partial charge in [0, 0.05) is 19.3 Å². The van der Waals surface area contributed by atoms with Gasteiger partial charge in [-0.3, -0.25) is 14.4 Å². The molecule has 0 radical (unpaired) electrons. The van der Waals surface area contributed by atoms with Gasteiger partial charge in [0.05, 0.1) is 0 Å². The van der Waals surface area contributed by atoms with Gasteiger partial charge in [-0.05, 0) is 135 Å². The van der Waals surface area contributed by atoms with E-state index >= 15 is 0 Å². The highest BCUT2D eigenvalue weighted by molar-refractivity contribution is 5.71. The first-order chi connectivity index (χ1) is 34.5. The first kappa shape index (κ1) is 65.8. The molecule has 0 heterocycles. The molecule has 0 fully saturated rings. The van der Waals surface area contributed by atoms with E-state index in [1.54, 1.807) is 0 Å². The lowest BCUT2D eigenvalue weighted by Crippen LogP contribution is -2.30. The second-order valence-corrected chi connectivity index (χ2v) is 18.5. The topological polar surface area (TPSA) is 78.9 Å². The number of allylic oxidation sites excluding steroid dienone is 20. The highest BCUT2D eigenvalue weighted by Gasteiger charge is 2.19. The predicted octanol–water partition coefficient (Wildman–Crippen LogP) is 19.3. The number of unbranched alkanes of at least 4 members (excludes halogenated alkanes) is 19. The van der Waals surface area contributed by atoms with Crippen LogP contribution in [0.2, 0.25) is 0 Å². The minimum Gasteiger partial charge on any atom is -0.462 e. The lowest BCUT2D eigenvalue weighted by Gasteiger charge is -2.18. The minimum atomic E-state index is -0.818. The highest BCUT2D eigenvalue weighted by Crippen LogP contribution is 2.12. The van der Waals surface area contributed by atoms with Crippen LogP contribution in [0.4, 0.5) is 0 Å². The number of hydrogen-bond donors (Lipinski definition) is 0. The molecule has 0 aliphatic heterocycles. The quantitative estimate of drug-likeness (QED) is 0.0262. The largest absolute Gasteiger partial charge is 0.462 e. The van der Waals surface area contributed by atoms with Crippen LogP contribution in [-0.2, 0) is 28.6 Å². The summed E-state index contributed by atoms with van der Waals surface area (Å²) in [7, 11) is 0. The van der Waals surface area contributed by atoms with Crippen LogP contribution in [-0.4, -0.2) is 37.2 Å². The smallest absolute Gasteiger partial charge is 0.306 e. The van der Waals surface area contributed by atoms with E-state index in [0.29, 0.717) is 19.3 Å². The van der Waals surface area contributed by atoms with Crippen molar-refractivity contribution in [1.82, 2.24) is 0 Å². The number of esters is 3. The molecule has 0 N–H and O–H groups in total. The molecule has 0 aromatic carbocycles. The third-order valence-corrected chi connectivity index (χ3v) is 11.7. The Balaban J connectivity index is 4.55. The van der Waals surface area contributed by atoms with E-state index in [0.717, 1.165) is 128 Å². The standard InChI is InChI=1S/C64H104O6/c1-4-7-10-13-16-19-22-25-28-30-32-34-36-39-42-45-48-51-54-57-63(66)69-60-61(59-68-62(65)56-53-50-47-44-41-38-27-24-21-18-15-12-9-6-3)70-64(67)58-55-52-49-46-43-40-37-35-33-31-29-26-23-20-17-14-11-8-5-2/h15-20,24-29,32-35,39-40,42-43,61H,4-14,21-23,30-31,36-38,41,44-60H2,1-3H3/b18-15-,19-16-,20-17-,27-24-,28-25-,29-26-,34-32-,35-33-,42-39-,43-40-/t61-/m1/s1. The van der Waals surface area contributed by atoms with E-state index in [2.05, 4.69) is 142 Å². The summed E-state index contributed by atoms with van der Waals surface area (Å²) < 4.78 is 16.8. The highest BCUT2D eigenvalue weighted by atomic mass is 16.6. The van der Waals surface area contributed by atoms with E-state index in [-0.39, 0.29) is 37.5 Å². The molecular weight excluding hydrogens is 865 g/mol. The van der Waals surface area contributed by atoms with Crippen molar-refractivity contribution in [2.75, 3.05) is 13.2 Å². The Morgan fingerprint density at radius 1 is 0.286 bits per heavy atom. The van der Waals surface area contributed by atoms with Crippen LogP contribution < -0.4 is 0 Å².